The lowest BCUT2D eigenvalue weighted by Gasteiger charge is -2.24. The van der Waals surface area contributed by atoms with Crippen molar-refractivity contribution in [2.75, 3.05) is 13.7 Å². The molecule has 3 atom stereocenters. The summed E-state index contributed by atoms with van der Waals surface area (Å²) >= 11 is 0. The summed E-state index contributed by atoms with van der Waals surface area (Å²) in [6.45, 7) is 9.91. The van der Waals surface area contributed by atoms with Gasteiger partial charge in [-0.15, -0.1) is 0 Å². The van der Waals surface area contributed by atoms with Gasteiger partial charge in [-0.05, 0) is 86.8 Å². The van der Waals surface area contributed by atoms with E-state index in [0.717, 1.165) is 41.9 Å². The van der Waals surface area contributed by atoms with Crippen LogP contribution in [0.4, 0.5) is 0 Å². The van der Waals surface area contributed by atoms with Crippen molar-refractivity contribution < 1.29 is 24.1 Å². The summed E-state index contributed by atoms with van der Waals surface area (Å²) in [5.41, 5.74) is 3.07. The average molecular weight is 427 g/mol. The maximum Gasteiger partial charge on any atom is 0.347 e. The molecule has 3 unspecified atom stereocenters. The van der Waals surface area contributed by atoms with Crippen molar-refractivity contribution in [2.24, 2.45) is 5.92 Å². The Morgan fingerprint density at radius 2 is 1.77 bits per heavy atom. The number of methoxy groups -OCH3 is 1. The minimum Gasteiger partial charge on any atom is -0.494 e. The van der Waals surface area contributed by atoms with E-state index in [1.807, 2.05) is 26.0 Å². The Morgan fingerprint density at radius 3 is 2.29 bits per heavy atom. The van der Waals surface area contributed by atoms with E-state index in [1.54, 1.807) is 21.0 Å². The minimum atomic E-state index is -1.27. The monoisotopic (exact) mass is 426 g/mol. The number of aryl methyl sites for hydroxylation is 2. The van der Waals surface area contributed by atoms with Crippen LogP contribution in [0.25, 0.3) is 0 Å². The predicted octanol–water partition coefficient (Wildman–Crippen LogP) is 5.83. The second kappa shape index (κ2) is 9.31. The molecule has 168 valence electrons. The second-order valence-corrected chi connectivity index (χ2v) is 8.98. The SMILES string of the molecule is CCCOc1ccc(C(OC)C2CC2c2cc(C)c(OC(C)(C)C(=O)O)c(C)c2)cc1. The highest BCUT2D eigenvalue weighted by atomic mass is 16.5. The van der Waals surface area contributed by atoms with Gasteiger partial charge in [0.15, 0.2) is 5.60 Å². The molecule has 2 aromatic carbocycles. The lowest BCUT2D eigenvalue weighted by atomic mass is 9.97. The molecule has 0 bridgehead atoms. The van der Waals surface area contributed by atoms with Crippen molar-refractivity contribution in [1.82, 2.24) is 0 Å². The molecule has 1 fully saturated rings. The quantitative estimate of drug-likeness (QED) is 0.518. The number of carboxylic acid groups (broad SMARTS) is 1. The molecule has 1 saturated carbocycles. The molecule has 2 aromatic rings. The molecule has 0 saturated heterocycles. The van der Waals surface area contributed by atoms with E-state index in [9.17, 15) is 9.90 Å². The standard InChI is InChI=1S/C26H34O5/c1-7-12-30-20-10-8-18(9-11-20)24(29-6)22-15-21(22)19-13-16(2)23(17(3)14-19)31-26(4,5)25(27)28/h8-11,13-14,21-22,24H,7,12,15H2,1-6H3,(H,27,28). The number of benzene rings is 2. The van der Waals surface area contributed by atoms with Crippen molar-refractivity contribution in [1.29, 1.82) is 0 Å². The van der Waals surface area contributed by atoms with E-state index in [1.165, 1.54) is 5.56 Å². The average Bonchev–Trinajstić information content (AvgIpc) is 3.51. The molecule has 0 radical (unpaired) electrons. The highest BCUT2D eigenvalue weighted by Gasteiger charge is 2.45. The molecule has 0 spiro atoms. The number of hydrogen-bond acceptors (Lipinski definition) is 4. The number of carboxylic acids is 1. The number of carbonyl (C=O) groups is 1. The van der Waals surface area contributed by atoms with Gasteiger partial charge in [0.1, 0.15) is 11.5 Å². The fourth-order valence-electron chi connectivity index (χ4n) is 4.12. The normalized spacial score (nSPS) is 19.0. The maximum atomic E-state index is 11.4. The van der Waals surface area contributed by atoms with Gasteiger partial charge in [-0.2, -0.15) is 0 Å². The molecule has 0 heterocycles. The molecule has 0 aromatic heterocycles. The van der Waals surface area contributed by atoms with Crippen molar-refractivity contribution in [3.63, 3.8) is 0 Å². The van der Waals surface area contributed by atoms with Crippen LogP contribution in [0.15, 0.2) is 36.4 Å². The topological polar surface area (TPSA) is 65.0 Å². The first kappa shape index (κ1) is 23.1. The summed E-state index contributed by atoms with van der Waals surface area (Å²) in [5.74, 6) is 1.39. The van der Waals surface area contributed by atoms with Gasteiger partial charge in [-0.25, -0.2) is 4.79 Å². The molecular weight excluding hydrogens is 392 g/mol. The van der Waals surface area contributed by atoms with Crippen molar-refractivity contribution >= 4 is 5.97 Å². The number of aliphatic carboxylic acids is 1. The fourth-order valence-corrected chi connectivity index (χ4v) is 4.12. The maximum absolute atomic E-state index is 11.4. The zero-order valence-electron chi connectivity index (χ0n) is 19.4. The summed E-state index contributed by atoms with van der Waals surface area (Å²) in [6, 6.07) is 12.5. The van der Waals surface area contributed by atoms with Gasteiger partial charge in [0.05, 0.1) is 12.7 Å². The Morgan fingerprint density at radius 1 is 1.16 bits per heavy atom. The van der Waals surface area contributed by atoms with E-state index in [0.29, 0.717) is 17.6 Å². The number of ether oxygens (including phenoxy) is 3. The van der Waals surface area contributed by atoms with Crippen molar-refractivity contribution in [3.8, 4) is 11.5 Å². The summed E-state index contributed by atoms with van der Waals surface area (Å²) < 4.78 is 17.4. The molecule has 1 aliphatic carbocycles. The Hall–Kier alpha value is -2.53. The smallest absolute Gasteiger partial charge is 0.347 e. The Labute approximate surface area is 185 Å². The van der Waals surface area contributed by atoms with Crippen LogP contribution in [0.3, 0.4) is 0 Å². The molecular formula is C26H34O5. The highest BCUT2D eigenvalue weighted by Crippen LogP contribution is 2.56. The van der Waals surface area contributed by atoms with Gasteiger partial charge >= 0.3 is 5.97 Å². The molecule has 1 aliphatic rings. The van der Waals surface area contributed by atoms with Gasteiger partial charge in [0.25, 0.3) is 0 Å². The predicted molar refractivity (Wildman–Crippen MR) is 121 cm³/mol. The van der Waals surface area contributed by atoms with Crippen LogP contribution < -0.4 is 9.47 Å². The summed E-state index contributed by atoms with van der Waals surface area (Å²) in [4.78, 5) is 11.4. The Bertz CT molecular complexity index is 893. The van der Waals surface area contributed by atoms with Gasteiger partial charge in [0.2, 0.25) is 0 Å². The third kappa shape index (κ3) is 5.21. The summed E-state index contributed by atoms with van der Waals surface area (Å²) in [6.07, 6.45) is 2.09. The highest BCUT2D eigenvalue weighted by molar-refractivity contribution is 5.77. The van der Waals surface area contributed by atoms with E-state index >= 15 is 0 Å². The largest absolute Gasteiger partial charge is 0.494 e. The number of hydrogen-bond donors (Lipinski definition) is 1. The fraction of sp³-hybridized carbons (Fsp3) is 0.500. The van der Waals surface area contributed by atoms with Crippen LogP contribution in [-0.2, 0) is 9.53 Å². The van der Waals surface area contributed by atoms with Gasteiger partial charge in [0, 0.05) is 7.11 Å². The molecule has 3 rings (SSSR count). The van der Waals surface area contributed by atoms with Crippen LogP contribution >= 0.6 is 0 Å². The third-order valence-electron chi connectivity index (χ3n) is 5.95. The minimum absolute atomic E-state index is 0.0349. The first-order valence-electron chi connectivity index (χ1n) is 11.0. The number of rotatable bonds is 10. The van der Waals surface area contributed by atoms with Crippen LogP contribution in [0.5, 0.6) is 11.5 Å². The van der Waals surface area contributed by atoms with Crippen LogP contribution in [0, 0.1) is 19.8 Å². The summed E-state index contributed by atoms with van der Waals surface area (Å²) in [7, 11) is 1.77. The lowest BCUT2D eigenvalue weighted by molar-refractivity contribution is -0.152. The third-order valence-corrected chi connectivity index (χ3v) is 5.95. The molecule has 5 nitrogen and oxygen atoms in total. The van der Waals surface area contributed by atoms with Gasteiger partial charge < -0.3 is 19.3 Å². The molecule has 1 N–H and O–H groups in total. The first-order chi connectivity index (χ1) is 14.7. The van der Waals surface area contributed by atoms with E-state index in [2.05, 4.69) is 31.2 Å². The summed E-state index contributed by atoms with van der Waals surface area (Å²) in [5, 5.41) is 9.38. The van der Waals surface area contributed by atoms with Crippen molar-refractivity contribution in [2.45, 2.75) is 65.1 Å². The lowest BCUT2D eigenvalue weighted by Crippen LogP contribution is -2.38. The van der Waals surface area contributed by atoms with Gasteiger partial charge in [-0.3, -0.25) is 0 Å². The van der Waals surface area contributed by atoms with Crippen molar-refractivity contribution in [3.05, 3.63) is 58.7 Å². The van der Waals surface area contributed by atoms with Crippen LogP contribution in [0.1, 0.15) is 67.9 Å². The second-order valence-electron chi connectivity index (χ2n) is 8.98. The first-order valence-corrected chi connectivity index (χ1v) is 11.0. The van der Waals surface area contributed by atoms with E-state index in [4.69, 9.17) is 14.2 Å². The Kier molecular flexibility index (Phi) is 6.95. The van der Waals surface area contributed by atoms with Gasteiger partial charge in [-0.1, -0.05) is 31.2 Å². The molecule has 5 heteroatoms. The molecule has 0 aliphatic heterocycles. The zero-order valence-corrected chi connectivity index (χ0v) is 19.4. The molecule has 0 amide bonds. The van der Waals surface area contributed by atoms with Crippen LogP contribution in [0.2, 0.25) is 0 Å². The van der Waals surface area contributed by atoms with E-state index in [-0.39, 0.29) is 6.10 Å². The zero-order chi connectivity index (χ0) is 22.8. The molecule has 31 heavy (non-hydrogen) atoms. The van der Waals surface area contributed by atoms with Crippen LogP contribution in [-0.4, -0.2) is 30.4 Å². The van der Waals surface area contributed by atoms with E-state index < -0.39 is 11.6 Å². The Balaban J connectivity index is 1.74.